The predicted molar refractivity (Wildman–Crippen MR) is 129 cm³/mol. The van der Waals surface area contributed by atoms with Gasteiger partial charge in [-0.3, -0.25) is 13.9 Å². The van der Waals surface area contributed by atoms with Gasteiger partial charge in [-0.05, 0) is 44.2 Å². The number of carbonyl (C=O) groups is 1. The van der Waals surface area contributed by atoms with Gasteiger partial charge in [-0.15, -0.1) is 10.2 Å². The minimum Gasteiger partial charge on any atom is -0.483 e. The third kappa shape index (κ3) is 4.65. The van der Waals surface area contributed by atoms with Crippen LogP contribution in [0, 0.1) is 0 Å². The molecule has 172 valence electrons. The van der Waals surface area contributed by atoms with Gasteiger partial charge in [0, 0.05) is 26.3 Å². The van der Waals surface area contributed by atoms with Gasteiger partial charge in [-0.2, -0.15) is 0 Å². The monoisotopic (exact) mass is 466 g/mol. The van der Waals surface area contributed by atoms with Crippen molar-refractivity contribution in [2.75, 3.05) is 11.1 Å². The fraction of sp³-hybridized carbons (Fsp3) is 0.304. The molecule has 2 aromatic heterocycles. The van der Waals surface area contributed by atoms with Crippen molar-refractivity contribution in [2.45, 2.75) is 31.7 Å². The summed E-state index contributed by atoms with van der Waals surface area (Å²) in [5, 5.41) is 12.1. The maximum absolute atomic E-state index is 12.6. The lowest BCUT2D eigenvalue weighted by atomic mass is 10.2. The van der Waals surface area contributed by atoms with Crippen LogP contribution in [0.1, 0.15) is 25.8 Å². The van der Waals surface area contributed by atoms with Gasteiger partial charge in [0.25, 0.3) is 0 Å². The highest BCUT2D eigenvalue weighted by Crippen LogP contribution is 2.25. The number of para-hydroxylation sites is 1. The smallest absolute Gasteiger partial charge is 0.328 e. The summed E-state index contributed by atoms with van der Waals surface area (Å²) in [6, 6.07) is 15.0. The summed E-state index contributed by atoms with van der Waals surface area (Å²) < 4.78 is 11.1. The minimum atomic E-state index is -0.285. The fourth-order valence-corrected chi connectivity index (χ4v) is 4.48. The molecule has 1 N–H and O–H groups in total. The van der Waals surface area contributed by atoms with Crippen molar-refractivity contribution in [3.05, 3.63) is 64.8 Å². The van der Waals surface area contributed by atoms with E-state index in [4.69, 9.17) is 4.74 Å². The zero-order valence-electron chi connectivity index (χ0n) is 19.0. The Morgan fingerprint density at radius 3 is 2.55 bits per heavy atom. The van der Waals surface area contributed by atoms with Crippen LogP contribution >= 0.6 is 11.8 Å². The largest absolute Gasteiger partial charge is 0.483 e. The molecule has 1 amide bonds. The van der Waals surface area contributed by atoms with Crippen molar-refractivity contribution in [1.82, 2.24) is 23.9 Å². The lowest BCUT2D eigenvalue weighted by Gasteiger charge is -2.15. The second-order valence-electron chi connectivity index (χ2n) is 7.60. The van der Waals surface area contributed by atoms with Crippen LogP contribution in [0.3, 0.4) is 0 Å². The van der Waals surface area contributed by atoms with Crippen LogP contribution in [-0.4, -0.2) is 35.6 Å². The molecule has 1 atom stereocenters. The van der Waals surface area contributed by atoms with Crippen molar-refractivity contribution in [1.29, 1.82) is 0 Å². The van der Waals surface area contributed by atoms with Crippen LogP contribution in [0.2, 0.25) is 0 Å². The average molecular weight is 467 g/mol. The Morgan fingerprint density at radius 1 is 1.09 bits per heavy atom. The molecule has 2 heterocycles. The molecule has 0 aliphatic carbocycles. The van der Waals surface area contributed by atoms with E-state index in [0.717, 1.165) is 16.8 Å². The number of ether oxygens (including phenoxy) is 1. The van der Waals surface area contributed by atoms with E-state index in [1.807, 2.05) is 54.8 Å². The van der Waals surface area contributed by atoms with Crippen LogP contribution < -0.4 is 15.7 Å². The van der Waals surface area contributed by atoms with Crippen LogP contribution in [-0.2, 0) is 25.4 Å². The number of amides is 1. The summed E-state index contributed by atoms with van der Waals surface area (Å²) in [5.41, 5.74) is 2.10. The summed E-state index contributed by atoms with van der Waals surface area (Å²) in [4.78, 5) is 24.7. The minimum absolute atomic E-state index is 0.107. The first kappa shape index (κ1) is 22.7. The molecule has 0 fully saturated rings. The quantitative estimate of drug-likeness (QED) is 0.400. The van der Waals surface area contributed by atoms with Gasteiger partial charge in [-0.25, -0.2) is 4.79 Å². The topological polar surface area (TPSA) is 96.0 Å². The molecule has 33 heavy (non-hydrogen) atoms. The van der Waals surface area contributed by atoms with E-state index in [1.54, 1.807) is 35.4 Å². The zero-order valence-corrected chi connectivity index (χ0v) is 19.8. The fourth-order valence-electron chi connectivity index (χ4n) is 3.67. The number of benzene rings is 2. The Balaban J connectivity index is 1.42. The zero-order chi connectivity index (χ0) is 23.5. The van der Waals surface area contributed by atoms with Gasteiger partial charge in [-0.1, -0.05) is 30.0 Å². The molecule has 0 saturated carbocycles. The molecule has 1 unspecified atom stereocenters. The molecule has 0 bridgehead atoms. The number of anilines is 1. The Hall–Kier alpha value is -3.53. The molecule has 10 heteroatoms. The number of imidazole rings is 1. The number of nitrogens with zero attached hydrogens (tertiary/aromatic N) is 5. The Labute approximate surface area is 195 Å². The highest BCUT2D eigenvalue weighted by atomic mass is 32.2. The molecule has 0 aliphatic rings. The van der Waals surface area contributed by atoms with Gasteiger partial charge in [0.15, 0.2) is 17.1 Å². The van der Waals surface area contributed by atoms with Gasteiger partial charge in [0.2, 0.25) is 5.91 Å². The van der Waals surface area contributed by atoms with Gasteiger partial charge in [0.05, 0.1) is 16.8 Å². The summed E-state index contributed by atoms with van der Waals surface area (Å²) in [5.74, 6) is 1.48. The maximum Gasteiger partial charge on any atom is 0.328 e. The van der Waals surface area contributed by atoms with E-state index in [9.17, 15) is 9.59 Å². The lowest BCUT2D eigenvalue weighted by molar-refractivity contribution is -0.113. The highest BCUT2D eigenvalue weighted by Gasteiger charge is 2.19. The molecule has 0 aliphatic heterocycles. The van der Waals surface area contributed by atoms with E-state index in [1.165, 1.54) is 11.8 Å². The Morgan fingerprint density at radius 2 is 1.82 bits per heavy atom. The number of nitrogens with one attached hydrogen (secondary N) is 1. The van der Waals surface area contributed by atoms with Crippen molar-refractivity contribution < 1.29 is 9.53 Å². The first-order valence-corrected chi connectivity index (χ1v) is 11.6. The standard InChI is InChI=1S/C23H26N6O3S/c1-5-29-21(15(2)32-17-9-7-6-8-10-17)25-26-22(29)33-14-20(30)24-16-11-12-18-19(13-16)28(4)23(31)27(18)3/h6-13,15H,5,14H2,1-4H3,(H,24,30). The third-order valence-electron chi connectivity index (χ3n) is 5.37. The third-order valence-corrected chi connectivity index (χ3v) is 6.34. The summed E-state index contributed by atoms with van der Waals surface area (Å²) >= 11 is 1.32. The number of fused-ring (bicyclic) bond motifs is 1. The summed E-state index contributed by atoms with van der Waals surface area (Å²) in [7, 11) is 3.44. The molecule has 0 radical (unpaired) electrons. The van der Waals surface area contributed by atoms with E-state index in [-0.39, 0.29) is 23.5 Å². The number of hydrogen-bond acceptors (Lipinski definition) is 6. The van der Waals surface area contributed by atoms with Crippen molar-refractivity contribution in [3.8, 4) is 5.75 Å². The van der Waals surface area contributed by atoms with E-state index < -0.39 is 0 Å². The van der Waals surface area contributed by atoms with Gasteiger partial charge >= 0.3 is 5.69 Å². The van der Waals surface area contributed by atoms with E-state index in [2.05, 4.69) is 15.5 Å². The molecular weight excluding hydrogens is 440 g/mol. The summed E-state index contributed by atoms with van der Waals surface area (Å²) in [6.45, 7) is 4.59. The summed E-state index contributed by atoms with van der Waals surface area (Å²) in [6.07, 6.45) is -0.285. The average Bonchev–Trinajstić information content (AvgIpc) is 3.33. The number of aryl methyl sites for hydroxylation is 2. The predicted octanol–water partition coefficient (Wildman–Crippen LogP) is 3.36. The molecule has 0 saturated heterocycles. The molecular formula is C23H26N6O3S. The van der Waals surface area contributed by atoms with Crippen molar-refractivity contribution >= 4 is 34.4 Å². The van der Waals surface area contributed by atoms with Crippen LogP contribution in [0.15, 0.2) is 58.5 Å². The number of aromatic nitrogens is 5. The number of hydrogen-bond donors (Lipinski definition) is 1. The number of carbonyl (C=O) groups excluding carboxylic acids is 1. The lowest BCUT2D eigenvalue weighted by Crippen LogP contribution is -2.19. The Bertz CT molecular complexity index is 1340. The van der Waals surface area contributed by atoms with Crippen molar-refractivity contribution in [3.63, 3.8) is 0 Å². The Kier molecular flexibility index (Phi) is 6.55. The normalized spacial score (nSPS) is 12.1. The SMILES string of the molecule is CCn1c(SCC(=O)Nc2ccc3c(c2)n(C)c(=O)n3C)nnc1C(C)Oc1ccccc1. The first-order valence-electron chi connectivity index (χ1n) is 10.6. The first-order chi connectivity index (χ1) is 15.9. The van der Waals surface area contributed by atoms with Gasteiger partial charge in [0.1, 0.15) is 5.75 Å². The van der Waals surface area contributed by atoms with Crippen LogP contribution in [0.4, 0.5) is 5.69 Å². The molecule has 9 nitrogen and oxygen atoms in total. The number of rotatable bonds is 8. The second-order valence-corrected chi connectivity index (χ2v) is 8.54. The van der Waals surface area contributed by atoms with Crippen LogP contribution in [0.5, 0.6) is 5.75 Å². The maximum atomic E-state index is 12.6. The molecule has 4 rings (SSSR count). The second kappa shape index (κ2) is 9.53. The van der Waals surface area contributed by atoms with Crippen molar-refractivity contribution in [2.24, 2.45) is 14.1 Å². The van der Waals surface area contributed by atoms with Gasteiger partial charge < -0.3 is 14.6 Å². The van der Waals surface area contributed by atoms with Crippen LogP contribution in [0.25, 0.3) is 11.0 Å². The molecule has 0 spiro atoms. The van der Waals surface area contributed by atoms with E-state index in [0.29, 0.717) is 23.2 Å². The highest BCUT2D eigenvalue weighted by molar-refractivity contribution is 7.99. The molecule has 2 aromatic carbocycles. The molecule has 4 aromatic rings. The van der Waals surface area contributed by atoms with E-state index >= 15 is 0 Å². The number of thioether (sulfide) groups is 1.